The molecule has 2 saturated carbocycles. The second kappa shape index (κ2) is 44.5. The first-order valence-corrected chi connectivity index (χ1v) is 40.3. The summed E-state index contributed by atoms with van der Waals surface area (Å²) in [6.07, 6.45) is 2.22. The third-order valence-electron chi connectivity index (χ3n) is 22.3. The lowest BCUT2D eigenvalue weighted by molar-refractivity contribution is -0.217. The van der Waals surface area contributed by atoms with Crippen molar-refractivity contribution in [2.24, 2.45) is 35.5 Å². The first kappa shape index (κ1) is 94.7. The molecular formula is C79H137F3N12O15. The van der Waals surface area contributed by atoms with Crippen molar-refractivity contribution in [3.05, 3.63) is 0 Å². The molecule has 1 unspecified atom stereocenters. The van der Waals surface area contributed by atoms with Crippen LogP contribution < -0.4 is 21.3 Å². The average Bonchev–Trinajstić information content (AvgIpc) is 0.810. The van der Waals surface area contributed by atoms with Crippen LogP contribution in [-0.2, 0) is 67.0 Å². The van der Waals surface area contributed by atoms with Crippen LogP contribution in [0.3, 0.4) is 0 Å². The maximum Gasteiger partial charge on any atom is 0.416 e. The predicted octanol–water partition coefficient (Wildman–Crippen LogP) is 6.83. The number of likely N-dealkylation sites (tertiary alicyclic amines) is 1. The van der Waals surface area contributed by atoms with Crippen LogP contribution in [0.2, 0.25) is 0 Å². The van der Waals surface area contributed by atoms with E-state index >= 15 is 38.4 Å². The van der Waals surface area contributed by atoms with Crippen molar-refractivity contribution in [3.63, 3.8) is 0 Å². The fourth-order valence-electron chi connectivity index (χ4n) is 15.2. The second-order valence-electron chi connectivity index (χ2n) is 33.7. The van der Waals surface area contributed by atoms with Crippen LogP contribution in [0.25, 0.3) is 0 Å². The number of hydrogen-bond acceptors (Lipinski definition) is 15. The molecule has 12 amide bonds. The highest BCUT2D eigenvalue weighted by Gasteiger charge is 2.46. The zero-order chi connectivity index (χ0) is 82.1. The molecule has 0 spiro atoms. The van der Waals surface area contributed by atoms with Gasteiger partial charge in [0.15, 0.2) is 6.10 Å². The SMILES string of the molecule is CC[C@H](C)[C@@H]1NC(=O)[C@H](CC(C)C)N(C)C(=O)[C@H](COC(C)(C)C)NC(=O)[C@H](CC2CCCCC2)N(C)C(=O)[C@H](CC2CCCCC2)N(C)C(=O)[C@H](COCC(O)C(F)(F)F)NC(=O)[C@H](CC)N(C)C(=O)CCCN(C)C(=O)C[C@@H](C(=O)N2CCCCC2)NC(=O)[C@H](CC(C)C)N(C)C(=O)[C@H](CC(C)C)N(C)C1=O. The van der Waals surface area contributed by atoms with E-state index in [0.717, 1.165) is 54.7 Å². The smallest absolute Gasteiger partial charge is 0.382 e. The zero-order valence-corrected chi connectivity index (χ0v) is 69.2. The molecule has 0 aromatic rings. The molecule has 624 valence electrons. The van der Waals surface area contributed by atoms with Crippen molar-refractivity contribution in [3.8, 4) is 0 Å². The summed E-state index contributed by atoms with van der Waals surface area (Å²) in [6.45, 7) is 19.7. The molecule has 2 heterocycles. The summed E-state index contributed by atoms with van der Waals surface area (Å²) in [4.78, 5) is 192. The number of nitrogens with one attached hydrogen (secondary N) is 4. The lowest BCUT2D eigenvalue weighted by atomic mass is 9.83. The first-order chi connectivity index (χ1) is 51.0. The first-order valence-electron chi connectivity index (χ1n) is 40.3. The van der Waals surface area contributed by atoms with E-state index in [2.05, 4.69) is 21.3 Å². The van der Waals surface area contributed by atoms with E-state index in [1.165, 1.54) is 73.8 Å². The topological polar surface area (TPSA) is 318 Å². The van der Waals surface area contributed by atoms with Gasteiger partial charge < -0.3 is 75.0 Å². The summed E-state index contributed by atoms with van der Waals surface area (Å²) in [5.74, 6) is -9.78. The molecule has 0 bridgehead atoms. The molecule has 2 aliphatic heterocycles. The third kappa shape index (κ3) is 29.1. The standard InChI is InChI=1S/C79H137F3N12O15/c1-20-52(9)67-77(107)93(19)62(42-51(7)8)75(105)90(16)59(40-49(3)4)69(99)83-55(74(104)94-38-29-24-30-39-94)45-66(97)87(13)37-31-36-65(96)88(14)58(21-2)68(98)84-56(46-108-48-64(95)79(80,81)82)72(102)92(18)63(44-54-34-27-23-28-35-54)76(106)91(17)61(43-53-32-25-22-26-33-53)70(100)85-57(47-109-78(10,11)12)73(103)89(15)60(41-50(5)6)71(101)86-67/h49-64,67,95H,20-48H2,1-19H3,(H,83,99)(H,84,98)(H,85,100)(H,86,101)/t52-,55-,56-,57-,58-,59-,60-,61-,62-,63-,64?,67-/m0/s1. The van der Waals surface area contributed by atoms with Gasteiger partial charge in [-0.1, -0.05) is 133 Å². The van der Waals surface area contributed by atoms with Crippen LogP contribution in [0, 0.1) is 35.5 Å². The quantitative estimate of drug-likeness (QED) is 0.0834. The van der Waals surface area contributed by atoms with Crippen molar-refractivity contribution < 1.29 is 85.3 Å². The molecule has 0 radical (unpaired) electrons. The Balaban J connectivity index is 1.99. The van der Waals surface area contributed by atoms with Gasteiger partial charge in [-0.2, -0.15) is 13.2 Å². The van der Waals surface area contributed by atoms with Crippen LogP contribution in [-0.4, -0.2) is 282 Å². The number of piperidine rings is 1. The highest BCUT2D eigenvalue weighted by Crippen LogP contribution is 2.33. The van der Waals surface area contributed by atoms with E-state index in [-0.39, 0.29) is 87.5 Å². The van der Waals surface area contributed by atoms with E-state index in [9.17, 15) is 37.5 Å². The minimum atomic E-state index is -5.13. The normalized spacial score (nSPS) is 26.9. The van der Waals surface area contributed by atoms with Gasteiger partial charge in [-0.3, -0.25) is 57.5 Å². The summed E-state index contributed by atoms with van der Waals surface area (Å²) in [5, 5.41) is 21.4. The number of likely N-dealkylation sites (N-methyl/N-ethyl adjacent to an activating group) is 6. The van der Waals surface area contributed by atoms with Gasteiger partial charge >= 0.3 is 6.18 Å². The van der Waals surface area contributed by atoms with Crippen LogP contribution in [0.4, 0.5) is 13.2 Å². The number of ether oxygens (including phenoxy) is 2. The van der Waals surface area contributed by atoms with E-state index in [1.54, 1.807) is 39.5 Å². The van der Waals surface area contributed by atoms with Crippen LogP contribution >= 0.6 is 0 Å². The van der Waals surface area contributed by atoms with Crippen molar-refractivity contribution in [1.29, 1.82) is 0 Å². The molecule has 30 heteroatoms. The minimum absolute atomic E-state index is 0.0353. The molecule has 4 aliphatic rings. The number of aliphatic hydroxyl groups is 1. The molecule has 27 nitrogen and oxygen atoms in total. The van der Waals surface area contributed by atoms with Gasteiger partial charge in [0.25, 0.3) is 0 Å². The molecule has 5 N–H and O–H groups in total. The molecule has 0 aromatic carbocycles. The largest absolute Gasteiger partial charge is 0.416 e. The summed E-state index contributed by atoms with van der Waals surface area (Å²) in [7, 11) is 9.94. The summed E-state index contributed by atoms with van der Waals surface area (Å²) < 4.78 is 53.0. The highest BCUT2D eigenvalue weighted by atomic mass is 19.4. The molecular weight excluding hydrogens is 1410 g/mol. The van der Waals surface area contributed by atoms with Crippen molar-refractivity contribution in [2.45, 2.75) is 309 Å². The minimum Gasteiger partial charge on any atom is -0.382 e. The van der Waals surface area contributed by atoms with Crippen molar-refractivity contribution in [2.75, 3.05) is 88.8 Å². The van der Waals surface area contributed by atoms with Gasteiger partial charge in [-0.15, -0.1) is 0 Å². The molecule has 2 aliphatic carbocycles. The Morgan fingerprint density at radius 1 is 0.486 bits per heavy atom. The average molecular weight is 1550 g/mol. The van der Waals surface area contributed by atoms with Crippen LogP contribution in [0.15, 0.2) is 0 Å². The number of amides is 12. The van der Waals surface area contributed by atoms with Gasteiger partial charge in [-0.05, 0) is 120 Å². The summed E-state index contributed by atoms with van der Waals surface area (Å²) >= 11 is 0. The predicted molar refractivity (Wildman–Crippen MR) is 408 cm³/mol. The Kier molecular flexibility index (Phi) is 38.7. The zero-order valence-electron chi connectivity index (χ0n) is 69.2. The van der Waals surface area contributed by atoms with E-state index in [1.807, 2.05) is 48.5 Å². The van der Waals surface area contributed by atoms with Gasteiger partial charge in [0.05, 0.1) is 31.8 Å². The van der Waals surface area contributed by atoms with E-state index in [4.69, 9.17) is 9.47 Å². The lowest BCUT2D eigenvalue weighted by Gasteiger charge is -2.39. The number of halogens is 3. The number of hydrogen-bond donors (Lipinski definition) is 5. The Morgan fingerprint density at radius 3 is 1.39 bits per heavy atom. The monoisotopic (exact) mass is 1550 g/mol. The number of aliphatic hydroxyl groups excluding tert-OH is 1. The summed E-state index contributed by atoms with van der Waals surface area (Å²) in [6, 6.07) is -13.7. The molecule has 0 aromatic heterocycles. The lowest BCUT2D eigenvalue weighted by Crippen LogP contribution is -2.63. The fourth-order valence-corrected chi connectivity index (χ4v) is 15.2. The number of rotatable bonds is 20. The Labute approximate surface area is 647 Å². The molecule has 109 heavy (non-hydrogen) atoms. The number of carbonyl (C=O) groups excluding carboxylic acids is 12. The maximum absolute atomic E-state index is 15.8. The fraction of sp³-hybridized carbons (Fsp3) is 0.848. The van der Waals surface area contributed by atoms with Gasteiger partial charge in [0.1, 0.15) is 60.4 Å². The summed E-state index contributed by atoms with van der Waals surface area (Å²) in [5.41, 5.74) is -0.887. The second-order valence-corrected chi connectivity index (χ2v) is 33.7. The molecule has 4 rings (SSSR count). The van der Waals surface area contributed by atoms with Crippen LogP contribution in [0.1, 0.15) is 231 Å². The number of carbonyl (C=O) groups is 12. The van der Waals surface area contributed by atoms with Gasteiger partial charge in [0.2, 0.25) is 70.9 Å². The maximum atomic E-state index is 15.8. The molecule has 4 fully saturated rings. The Hall–Kier alpha value is -6.69. The van der Waals surface area contributed by atoms with Crippen molar-refractivity contribution >= 4 is 70.9 Å². The van der Waals surface area contributed by atoms with Crippen molar-refractivity contribution in [1.82, 2.24) is 60.5 Å². The van der Waals surface area contributed by atoms with Gasteiger partial charge in [-0.25, -0.2) is 0 Å². The third-order valence-corrected chi connectivity index (χ3v) is 22.3. The van der Waals surface area contributed by atoms with Crippen LogP contribution in [0.5, 0.6) is 0 Å². The number of nitrogens with zero attached hydrogens (tertiary/aromatic N) is 8. The number of alkyl halides is 3. The Bertz CT molecular complexity index is 2990. The molecule has 2 saturated heterocycles. The van der Waals surface area contributed by atoms with E-state index in [0.29, 0.717) is 58.0 Å². The van der Waals surface area contributed by atoms with Gasteiger partial charge in [0, 0.05) is 75.4 Å². The molecule has 12 atom stereocenters. The Morgan fingerprint density at radius 2 is 0.908 bits per heavy atom. The highest BCUT2D eigenvalue weighted by molar-refractivity contribution is 5.99. The van der Waals surface area contributed by atoms with E-state index < -0.39 is 181 Å².